The van der Waals surface area contributed by atoms with Crippen LogP contribution in [0.2, 0.25) is 0 Å². The van der Waals surface area contributed by atoms with Crippen LogP contribution in [0.4, 0.5) is 11.5 Å². The van der Waals surface area contributed by atoms with E-state index < -0.39 is 0 Å². The highest BCUT2D eigenvalue weighted by Gasteiger charge is 2.25. The predicted molar refractivity (Wildman–Crippen MR) is 88.8 cm³/mol. The Balaban J connectivity index is 1.70. The van der Waals surface area contributed by atoms with Crippen LogP contribution in [0.3, 0.4) is 0 Å². The van der Waals surface area contributed by atoms with Crippen molar-refractivity contribution in [3.63, 3.8) is 0 Å². The third kappa shape index (κ3) is 2.98. The van der Waals surface area contributed by atoms with Crippen LogP contribution in [0, 0.1) is 6.92 Å². The second kappa shape index (κ2) is 6.22. The average molecular weight is 298 g/mol. The molecule has 1 saturated heterocycles. The van der Waals surface area contributed by atoms with Gasteiger partial charge in [0.1, 0.15) is 5.75 Å². The van der Waals surface area contributed by atoms with E-state index in [1.165, 1.54) is 5.69 Å². The first-order valence-electron chi connectivity index (χ1n) is 7.63. The number of hydrogen-bond acceptors (Lipinski definition) is 5. The summed E-state index contributed by atoms with van der Waals surface area (Å²) in [6.45, 7) is 7.10. The van der Waals surface area contributed by atoms with E-state index in [4.69, 9.17) is 4.74 Å². The zero-order valence-electron chi connectivity index (χ0n) is 13.4. The first kappa shape index (κ1) is 14.6. The van der Waals surface area contributed by atoms with Crippen LogP contribution in [0.5, 0.6) is 5.75 Å². The van der Waals surface area contributed by atoms with Crippen molar-refractivity contribution in [1.82, 2.24) is 10.2 Å². The van der Waals surface area contributed by atoms with Gasteiger partial charge >= 0.3 is 0 Å². The van der Waals surface area contributed by atoms with Gasteiger partial charge in [0.25, 0.3) is 0 Å². The zero-order chi connectivity index (χ0) is 15.5. The minimum atomic E-state index is 0.396. The molecule has 2 aromatic rings. The van der Waals surface area contributed by atoms with Crippen LogP contribution in [0.25, 0.3) is 0 Å². The van der Waals surface area contributed by atoms with Gasteiger partial charge in [0, 0.05) is 31.4 Å². The van der Waals surface area contributed by atoms with Crippen molar-refractivity contribution in [3.05, 3.63) is 42.1 Å². The number of nitrogens with zero attached hydrogens (tertiary/aromatic N) is 4. The zero-order valence-corrected chi connectivity index (χ0v) is 13.4. The monoisotopic (exact) mass is 298 g/mol. The summed E-state index contributed by atoms with van der Waals surface area (Å²) < 4.78 is 5.22. The van der Waals surface area contributed by atoms with E-state index in [1.807, 2.05) is 25.1 Å². The van der Waals surface area contributed by atoms with E-state index in [0.717, 1.165) is 36.9 Å². The van der Waals surface area contributed by atoms with Gasteiger partial charge in [-0.3, -0.25) is 0 Å². The van der Waals surface area contributed by atoms with Gasteiger partial charge in [0.05, 0.1) is 12.8 Å². The maximum Gasteiger partial charge on any atom is 0.151 e. The fourth-order valence-corrected chi connectivity index (χ4v) is 2.87. The minimum Gasteiger partial charge on any atom is -0.497 e. The van der Waals surface area contributed by atoms with Crippen LogP contribution in [0.1, 0.15) is 12.6 Å². The van der Waals surface area contributed by atoms with E-state index in [0.29, 0.717) is 6.04 Å². The largest absolute Gasteiger partial charge is 0.497 e. The molecule has 0 N–H and O–H groups in total. The molecule has 3 rings (SSSR count). The molecule has 1 aromatic carbocycles. The summed E-state index contributed by atoms with van der Waals surface area (Å²) in [6, 6.07) is 12.7. The Morgan fingerprint density at radius 3 is 2.41 bits per heavy atom. The van der Waals surface area contributed by atoms with Crippen molar-refractivity contribution in [3.8, 4) is 5.75 Å². The van der Waals surface area contributed by atoms with E-state index in [9.17, 15) is 0 Å². The standard InChI is InChI=1S/C17H22N4O/c1-13-4-9-17(19-18-13)21-11-10-20(12-14(21)2)15-5-7-16(22-3)8-6-15/h4-9,14H,10-12H2,1-3H3. The highest BCUT2D eigenvalue weighted by Crippen LogP contribution is 2.24. The van der Waals surface area contributed by atoms with Gasteiger partial charge < -0.3 is 14.5 Å². The van der Waals surface area contributed by atoms with Crippen LogP contribution in [0.15, 0.2) is 36.4 Å². The second-order valence-electron chi connectivity index (χ2n) is 5.72. The van der Waals surface area contributed by atoms with Crippen LogP contribution < -0.4 is 14.5 Å². The Morgan fingerprint density at radius 2 is 1.82 bits per heavy atom. The normalized spacial score (nSPS) is 18.4. The molecule has 0 radical (unpaired) electrons. The van der Waals surface area contributed by atoms with Crippen molar-refractivity contribution in [1.29, 1.82) is 0 Å². The first-order valence-corrected chi connectivity index (χ1v) is 7.63. The fourth-order valence-electron chi connectivity index (χ4n) is 2.87. The van der Waals surface area contributed by atoms with Gasteiger partial charge in [-0.2, -0.15) is 5.10 Å². The molecule has 0 spiro atoms. The molecule has 1 aliphatic rings. The lowest BCUT2D eigenvalue weighted by Crippen LogP contribution is -2.52. The molecule has 0 saturated carbocycles. The van der Waals surface area contributed by atoms with Gasteiger partial charge in [-0.05, 0) is 50.2 Å². The molecule has 116 valence electrons. The molecule has 1 unspecified atom stereocenters. The topological polar surface area (TPSA) is 41.5 Å². The number of anilines is 2. The van der Waals surface area contributed by atoms with E-state index in [1.54, 1.807) is 7.11 Å². The third-order valence-corrected chi connectivity index (χ3v) is 4.14. The SMILES string of the molecule is COc1ccc(N2CCN(c3ccc(C)nn3)C(C)C2)cc1. The number of hydrogen-bond donors (Lipinski definition) is 0. The Labute approximate surface area is 131 Å². The number of piperazine rings is 1. The van der Waals surface area contributed by atoms with Crippen molar-refractivity contribution in [2.45, 2.75) is 19.9 Å². The Hall–Kier alpha value is -2.30. The Kier molecular flexibility index (Phi) is 4.13. The fraction of sp³-hybridized carbons (Fsp3) is 0.412. The summed E-state index contributed by atoms with van der Waals surface area (Å²) in [5.41, 5.74) is 2.19. The molecule has 22 heavy (non-hydrogen) atoms. The molecule has 5 nitrogen and oxygen atoms in total. The number of ether oxygens (including phenoxy) is 1. The molecule has 1 aliphatic heterocycles. The molecule has 2 heterocycles. The highest BCUT2D eigenvalue weighted by atomic mass is 16.5. The minimum absolute atomic E-state index is 0.396. The molecular formula is C17H22N4O. The summed E-state index contributed by atoms with van der Waals surface area (Å²) in [4.78, 5) is 4.73. The van der Waals surface area contributed by atoms with E-state index in [2.05, 4.69) is 45.1 Å². The Bertz CT molecular complexity index is 612. The maximum absolute atomic E-state index is 5.22. The summed E-state index contributed by atoms with van der Waals surface area (Å²) >= 11 is 0. The molecular weight excluding hydrogens is 276 g/mol. The molecule has 0 aliphatic carbocycles. The predicted octanol–water partition coefficient (Wildman–Crippen LogP) is 2.51. The van der Waals surface area contributed by atoms with Crippen LogP contribution in [-0.2, 0) is 0 Å². The van der Waals surface area contributed by atoms with Crippen molar-refractivity contribution < 1.29 is 4.74 Å². The number of rotatable bonds is 3. The van der Waals surface area contributed by atoms with Crippen LogP contribution >= 0.6 is 0 Å². The number of aryl methyl sites for hydroxylation is 1. The summed E-state index contributed by atoms with van der Waals surface area (Å²) in [5.74, 6) is 1.86. The third-order valence-electron chi connectivity index (χ3n) is 4.14. The van der Waals surface area contributed by atoms with Gasteiger partial charge in [-0.25, -0.2) is 0 Å². The van der Waals surface area contributed by atoms with Gasteiger partial charge in [-0.15, -0.1) is 5.10 Å². The van der Waals surface area contributed by atoms with Gasteiger partial charge in [-0.1, -0.05) is 0 Å². The number of aromatic nitrogens is 2. The average Bonchev–Trinajstić information content (AvgIpc) is 2.56. The lowest BCUT2D eigenvalue weighted by Gasteiger charge is -2.41. The lowest BCUT2D eigenvalue weighted by atomic mass is 10.1. The Morgan fingerprint density at radius 1 is 1.05 bits per heavy atom. The van der Waals surface area contributed by atoms with Crippen molar-refractivity contribution >= 4 is 11.5 Å². The second-order valence-corrected chi connectivity index (χ2v) is 5.72. The summed E-state index contributed by atoms with van der Waals surface area (Å²) in [7, 11) is 1.69. The first-order chi connectivity index (χ1) is 10.7. The molecule has 1 aromatic heterocycles. The molecule has 1 fully saturated rings. The van der Waals surface area contributed by atoms with Crippen molar-refractivity contribution in [2.75, 3.05) is 36.5 Å². The molecule has 5 heteroatoms. The number of methoxy groups -OCH3 is 1. The molecule has 1 atom stereocenters. The molecule has 0 amide bonds. The van der Waals surface area contributed by atoms with E-state index >= 15 is 0 Å². The maximum atomic E-state index is 5.22. The summed E-state index contributed by atoms with van der Waals surface area (Å²) in [6.07, 6.45) is 0. The van der Waals surface area contributed by atoms with E-state index in [-0.39, 0.29) is 0 Å². The quantitative estimate of drug-likeness (QED) is 0.871. The highest BCUT2D eigenvalue weighted by molar-refractivity contribution is 5.52. The smallest absolute Gasteiger partial charge is 0.151 e. The lowest BCUT2D eigenvalue weighted by molar-refractivity contribution is 0.414. The van der Waals surface area contributed by atoms with Crippen molar-refractivity contribution in [2.24, 2.45) is 0 Å². The number of benzene rings is 1. The summed E-state index contributed by atoms with van der Waals surface area (Å²) in [5, 5.41) is 8.48. The van der Waals surface area contributed by atoms with Gasteiger partial charge in [0.15, 0.2) is 5.82 Å². The molecule has 0 bridgehead atoms. The van der Waals surface area contributed by atoms with Gasteiger partial charge in [0.2, 0.25) is 0 Å². The van der Waals surface area contributed by atoms with Crippen LogP contribution in [-0.4, -0.2) is 43.0 Å².